The van der Waals surface area contributed by atoms with Gasteiger partial charge in [0.1, 0.15) is 0 Å². The predicted molar refractivity (Wildman–Crippen MR) is 98.8 cm³/mol. The molecule has 0 bridgehead atoms. The van der Waals surface area contributed by atoms with E-state index in [1.807, 2.05) is 18.2 Å². The van der Waals surface area contributed by atoms with Crippen LogP contribution >= 0.6 is 0 Å². The molecule has 7 nitrogen and oxygen atoms in total. The lowest BCUT2D eigenvalue weighted by atomic mass is 10.2. The number of sulfonamides is 1. The summed E-state index contributed by atoms with van der Waals surface area (Å²) < 4.78 is 25.7. The predicted octanol–water partition coefficient (Wildman–Crippen LogP) is 0.897. The number of aromatic nitrogens is 1. The molecule has 0 saturated carbocycles. The van der Waals surface area contributed by atoms with E-state index >= 15 is 0 Å². The van der Waals surface area contributed by atoms with Crippen LogP contribution in [0, 0.1) is 0 Å². The van der Waals surface area contributed by atoms with Gasteiger partial charge < -0.3 is 10.6 Å². The normalized spacial score (nSPS) is 12.0. The Balaban J connectivity index is 1.82. The molecule has 3 N–H and O–H groups in total. The third kappa shape index (κ3) is 5.84. The van der Waals surface area contributed by atoms with Crippen molar-refractivity contribution < 1.29 is 8.42 Å². The van der Waals surface area contributed by atoms with Crippen LogP contribution in [-0.2, 0) is 23.0 Å². The van der Waals surface area contributed by atoms with Crippen molar-refractivity contribution in [1.82, 2.24) is 20.3 Å². The third-order valence-corrected chi connectivity index (χ3v) is 5.02. The SMILES string of the molecule is CN=C(NCCc1ccccn1)NCc1ccc(S(=O)(=O)NC)cc1. The quantitative estimate of drug-likeness (QED) is 0.503. The minimum Gasteiger partial charge on any atom is -0.356 e. The van der Waals surface area contributed by atoms with E-state index in [2.05, 4.69) is 25.3 Å². The molecule has 0 aliphatic heterocycles. The molecule has 0 aliphatic rings. The maximum absolute atomic E-state index is 11.7. The van der Waals surface area contributed by atoms with Crippen molar-refractivity contribution in [3.05, 3.63) is 59.9 Å². The van der Waals surface area contributed by atoms with Gasteiger partial charge in [0, 0.05) is 38.4 Å². The Kier molecular flexibility index (Phi) is 6.91. The Labute approximate surface area is 148 Å². The molecule has 0 fully saturated rings. The van der Waals surface area contributed by atoms with Crippen molar-refractivity contribution >= 4 is 16.0 Å². The molecule has 8 heteroatoms. The number of nitrogens with one attached hydrogen (secondary N) is 3. The van der Waals surface area contributed by atoms with Gasteiger partial charge in [0.05, 0.1) is 4.90 Å². The fourth-order valence-corrected chi connectivity index (χ4v) is 2.90. The molecule has 0 unspecified atom stereocenters. The van der Waals surface area contributed by atoms with E-state index in [0.29, 0.717) is 12.5 Å². The molecular formula is C17H23N5O2S. The lowest BCUT2D eigenvalue weighted by Gasteiger charge is -2.12. The molecule has 2 aromatic rings. The van der Waals surface area contributed by atoms with Gasteiger partial charge >= 0.3 is 0 Å². The molecule has 0 aliphatic carbocycles. The first-order valence-electron chi connectivity index (χ1n) is 7.92. The van der Waals surface area contributed by atoms with Crippen molar-refractivity contribution in [2.24, 2.45) is 4.99 Å². The maximum atomic E-state index is 11.7. The van der Waals surface area contributed by atoms with E-state index in [4.69, 9.17) is 0 Å². The lowest BCUT2D eigenvalue weighted by molar-refractivity contribution is 0.588. The Morgan fingerprint density at radius 1 is 1.12 bits per heavy atom. The fourth-order valence-electron chi connectivity index (χ4n) is 2.17. The summed E-state index contributed by atoms with van der Waals surface area (Å²) in [6, 6.07) is 12.6. The molecule has 25 heavy (non-hydrogen) atoms. The number of hydrogen-bond donors (Lipinski definition) is 3. The van der Waals surface area contributed by atoms with Crippen molar-refractivity contribution in [2.45, 2.75) is 17.9 Å². The maximum Gasteiger partial charge on any atom is 0.240 e. The average Bonchev–Trinajstić information content (AvgIpc) is 2.65. The van der Waals surface area contributed by atoms with E-state index in [1.54, 1.807) is 37.5 Å². The minimum atomic E-state index is -3.40. The molecule has 1 aromatic carbocycles. The van der Waals surface area contributed by atoms with Crippen LogP contribution in [0.4, 0.5) is 0 Å². The van der Waals surface area contributed by atoms with Crippen LogP contribution in [-0.4, -0.2) is 40.0 Å². The second kappa shape index (κ2) is 9.14. The largest absolute Gasteiger partial charge is 0.356 e. The summed E-state index contributed by atoms with van der Waals surface area (Å²) in [4.78, 5) is 8.69. The van der Waals surface area contributed by atoms with Crippen LogP contribution in [0.3, 0.4) is 0 Å². The third-order valence-electron chi connectivity index (χ3n) is 3.59. The van der Waals surface area contributed by atoms with Gasteiger partial charge in [-0.25, -0.2) is 13.1 Å². The van der Waals surface area contributed by atoms with Gasteiger partial charge in [0.2, 0.25) is 10.0 Å². The highest BCUT2D eigenvalue weighted by molar-refractivity contribution is 7.89. The average molecular weight is 361 g/mol. The number of nitrogens with zero attached hydrogens (tertiary/aromatic N) is 2. The molecule has 0 saturated heterocycles. The number of aliphatic imine (C=N–C) groups is 1. The van der Waals surface area contributed by atoms with E-state index in [1.165, 1.54) is 7.05 Å². The summed E-state index contributed by atoms with van der Waals surface area (Å²) in [5.74, 6) is 0.683. The second-order valence-electron chi connectivity index (χ2n) is 5.28. The first-order valence-corrected chi connectivity index (χ1v) is 9.40. The smallest absolute Gasteiger partial charge is 0.240 e. The molecule has 134 valence electrons. The van der Waals surface area contributed by atoms with E-state index in [0.717, 1.165) is 24.2 Å². The highest BCUT2D eigenvalue weighted by Crippen LogP contribution is 2.09. The highest BCUT2D eigenvalue weighted by Gasteiger charge is 2.10. The molecule has 1 heterocycles. The first kappa shape index (κ1) is 18.9. The van der Waals surface area contributed by atoms with Gasteiger partial charge in [-0.15, -0.1) is 0 Å². The Morgan fingerprint density at radius 2 is 1.88 bits per heavy atom. The summed E-state index contributed by atoms with van der Waals surface area (Å²) in [7, 11) is -0.300. The molecule has 0 amide bonds. The molecule has 2 rings (SSSR count). The fraction of sp³-hybridized carbons (Fsp3) is 0.294. The van der Waals surface area contributed by atoms with Gasteiger partial charge in [-0.05, 0) is 36.9 Å². The first-order chi connectivity index (χ1) is 12.0. The number of guanidine groups is 1. The topological polar surface area (TPSA) is 95.5 Å². The van der Waals surface area contributed by atoms with Crippen LogP contribution in [0.1, 0.15) is 11.3 Å². The van der Waals surface area contributed by atoms with E-state index < -0.39 is 10.0 Å². The van der Waals surface area contributed by atoms with Crippen LogP contribution in [0.15, 0.2) is 58.5 Å². The van der Waals surface area contributed by atoms with Gasteiger partial charge in [0.25, 0.3) is 0 Å². The van der Waals surface area contributed by atoms with Gasteiger partial charge in [-0.3, -0.25) is 9.98 Å². The number of rotatable bonds is 7. The van der Waals surface area contributed by atoms with Crippen molar-refractivity contribution in [2.75, 3.05) is 20.6 Å². The molecule has 1 aromatic heterocycles. The Hall–Kier alpha value is -2.45. The zero-order valence-electron chi connectivity index (χ0n) is 14.4. The van der Waals surface area contributed by atoms with Gasteiger partial charge in [-0.1, -0.05) is 18.2 Å². The molecule has 0 spiro atoms. The standard InChI is InChI=1S/C17H23N5O2S/c1-18-17(21-12-10-15-5-3-4-11-20-15)22-13-14-6-8-16(9-7-14)25(23,24)19-2/h3-9,11,19H,10,12-13H2,1-2H3,(H2,18,21,22). The molecule has 0 radical (unpaired) electrons. The van der Waals surface area contributed by atoms with Gasteiger partial charge in [-0.2, -0.15) is 0 Å². The summed E-state index contributed by atoms with van der Waals surface area (Å²) in [6.45, 7) is 1.26. The summed E-state index contributed by atoms with van der Waals surface area (Å²) in [6.07, 6.45) is 2.58. The number of benzene rings is 1. The number of pyridine rings is 1. The van der Waals surface area contributed by atoms with Crippen LogP contribution in [0.25, 0.3) is 0 Å². The zero-order chi connectivity index (χ0) is 18.1. The van der Waals surface area contributed by atoms with Crippen LogP contribution in [0.5, 0.6) is 0 Å². The van der Waals surface area contributed by atoms with Crippen molar-refractivity contribution in [3.8, 4) is 0 Å². The Bertz CT molecular complexity index is 790. The minimum absolute atomic E-state index is 0.247. The highest BCUT2D eigenvalue weighted by atomic mass is 32.2. The summed E-state index contributed by atoms with van der Waals surface area (Å²) in [5.41, 5.74) is 1.98. The van der Waals surface area contributed by atoms with Crippen LogP contribution < -0.4 is 15.4 Å². The van der Waals surface area contributed by atoms with E-state index in [9.17, 15) is 8.42 Å². The monoisotopic (exact) mass is 361 g/mol. The number of hydrogen-bond acceptors (Lipinski definition) is 4. The van der Waals surface area contributed by atoms with E-state index in [-0.39, 0.29) is 4.90 Å². The lowest BCUT2D eigenvalue weighted by Crippen LogP contribution is -2.37. The summed E-state index contributed by atoms with van der Waals surface area (Å²) in [5, 5.41) is 6.42. The van der Waals surface area contributed by atoms with Crippen molar-refractivity contribution in [1.29, 1.82) is 0 Å². The van der Waals surface area contributed by atoms with Crippen LogP contribution in [0.2, 0.25) is 0 Å². The Morgan fingerprint density at radius 3 is 2.48 bits per heavy atom. The van der Waals surface area contributed by atoms with Gasteiger partial charge in [0.15, 0.2) is 5.96 Å². The van der Waals surface area contributed by atoms with Crippen molar-refractivity contribution in [3.63, 3.8) is 0 Å². The summed E-state index contributed by atoms with van der Waals surface area (Å²) >= 11 is 0. The second-order valence-corrected chi connectivity index (χ2v) is 7.16. The molecular weight excluding hydrogens is 338 g/mol. The molecule has 0 atom stereocenters. The zero-order valence-corrected chi connectivity index (χ0v) is 15.2.